The van der Waals surface area contributed by atoms with Crippen molar-refractivity contribution in [1.29, 1.82) is 0 Å². The first kappa shape index (κ1) is 21.8. The SMILES string of the molecule is Cc1cc(Cl)ccc1OCc1ccc(C(=O)N2CCN(Cc3ccc(Cl)cc3)CC2)o1. The molecule has 5 nitrogen and oxygen atoms in total. The number of ether oxygens (including phenoxy) is 1. The van der Waals surface area contributed by atoms with Crippen molar-refractivity contribution in [1.82, 2.24) is 9.80 Å². The molecular formula is C24H24Cl2N2O3. The van der Waals surface area contributed by atoms with Gasteiger partial charge in [0.05, 0.1) is 0 Å². The second-order valence-corrected chi connectivity index (χ2v) is 8.53. The van der Waals surface area contributed by atoms with Crippen molar-refractivity contribution in [3.05, 3.63) is 87.3 Å². The Labute approximate surface area is 192 Å². The number of carbonyl (C=O) groups is 1. The lowest BCUT2D eigenvalue weighted by Gasteiger charge is -2.34. The van der Waals surface area contributed by atoms with Gasteiger partial charge in [-0.15, -0.1) is 0 Å². The maximum atomic E-state index is 12.8. The van der Waals surface area contributed by atoms with Gasteiger partial charge in [0.2, 0.25) is 0 Å². The molecule has 2 aromatic carbocycles. The maximum absolute atomic E-state index is 12.8. The van der Waals surface area contributed by atoms with Crippen LogP contribution < -0.4 is 4.74 Å². The lowest BCUT2D eigenvalue weighted by atomic mass is 10.2. The number of benzene rings is 2. The summed E-state index contributed by atoms with van der Waals surface area (Å²) in [5.74, 6) is 1.61. The van der Waals surface area contributed by atoms with E-state index in [1.165, 1.54) is 5.56 Å². The quantitative estimate of drug-likeness (QED) is 0.493. The third-order valence-corrected chi connectivity index (χ3v) is 5.85. The van der Waals surface area contributed by atoms with Crippen LogP contribution in [0.1, 0.15) is 27.4 Å². The van der Waals surface area contributed by atoms with Crippen molar-refractivity contribution in [2.45, 2.75) is 20.1 Å². The summed E-state index contributed by atoms with van der Waals surface area (Å²) >= 11 is 11.9. The molecule has 162 valence electrons. The zero-order valence-electron chi connectivity index (χ0n) is 17.3. The molecule has 0 radical (unpaired) electrons. The molecule has 0 atom stereocenters. The zero-order valence-corrected chi connectivity index (χ0v) is 18.8. The highest BCUT2D eigenvalue weighted by Gasteiger charge is 2.24. The van der Waals surface area contributed by atoms with E-state index < -0.39 is 0 Å². The molecule has 0 N–H and O–H groups in total. The zero-order chi connectivity index (χ0) is 21.8. The average molecular weight is 459 g/mol. The highest BCUT2D eigenvalue weighted by atomic mass is 35.5. The molecule has 0 bridgehead atoms. The number of halogens is 2. The van der Waals surface area contributed by atoms with E-state index >= 15 is 0 Å². The Morgan fingerprint density at radius 3 is 2.39 bits per heavy atom. The van der Waals surface area contributed by atoms with Gasteiger partial charge in [-0.2, -0.15) is 0 Å². The van der Waals surface area contributed by atoms with Crippen LogP contribution in [0.2, 0.25) is 10.0 Å². The number of aryl methyl sites for hydroxylation is 1. The highest BCUT2D eigenvalue weighted by molar-refractivity contribution is 6.30. The molecule has 0 unspecified atom stereocenters. The van der Waals surface area contributed by atoms with Crippen LogP contribution in [0.4, 0.5) is 0 Å². The van der Waals surface area contributed by atoms with Crippen molar-refractivity contribution < 1.29 is 13.9 Å². The number of rotatable bonds is 6. The fourth-order valence-electron chi connectivity index (χ4n) is 3.61. The third kappa shape index (κ3) is 5.62. The molecule has 7 heteroatoms. The summed E-state index contributed by atoms with van der Waals surface area (Å²) in [6.45, 7) is 6.02. The van der Waals surface area contributed by atoms with Gasteiger partial charge in [0, 0.05) is 42.8 Å². The molecule has 4 rings (SSSR count). The minimum absolute atomic E-state index is 0.0833. The fraction of sp³-hybridized carbons (Fsp3) is 0.292. The standard InChI is InChI=1S/C24H24Cl2N2O3/c1-17-14-20(26)6-8-22(17)30-16-21-7-9-23(31-21)24(29)28-12-10-27(11-13-28)15-18-2-4-19(25)5-3-18/h2-9,14H,10-13,15-16H2,1H3. The van der Waals surface area contributed by atoms with Crippen LogP contribution in [0.3, 0.4) is 0 Å². The van der Waals surface area contributed by atoms with Gasteiger partial charge in [0.1, 0.15) is 18.1 Å². The number of hydrogen-bond donors (Lipinski definition) is 0. The van der Waals surface area contributed by atoms with E-state index in [0.29, 0.717) is 29.6 Å². The van der Waals surface area contributed by atoms with Crippen LogP contribution in [0.15, 0.2) is 59.0 Å². The molecule has 1 fully saturated rings. The van der Waals surface area contributed by atoms with E-state index in [-0.39, 0.29) is 12.5 Å². The third-order valence-electron chi connectivity index (χ3n) is 5.36. The van der Waals surface area contributed by atoms with Gasteiger partial charge < -0.3 is 14.1 Å². The fourth-order valence-corrected chi connectivity index (χ4v) is 3.96. The lowest BCUT2D eigenvalue weighted by Crippen LogP contribution is -2.48. The van der Waals surface area contributed by atoms with E-state index in [1.54, 1.807) is 18.2 Å². The molecule has 31 heavy (non-hydrogen) atoms. The molecule has 1 aliphatic rings. The molecular weight excluding hydrogens is 435 g/mol. The Balaban J connectivity index is 1.28. The first-order chi connectivity index (χ1) is 15.0. The predicted molar refractivity (Wildman–Crippen MR) is 122 cm³/mol. The first-order valence-electron chi connectivity index (χ1n) is 10.2. The van der Waals surface area contributed by atoms with Crippen LogP contribution in [-0.4, -0.2) is 41.9 Å². The molecule has 1 saturated heterocycles. The molecule has 0 saturated carbocycles. The molecule has 2 heterocycles. The maximum Gasteiger partial charge on any atom is 0.289 e. The van der Waals surface area contributed by atoms with Crippen molar-refractivity contribution in [2.24, 2.45) is 0 Å². The van der Waals surface area contributed by atoms with Gasteiger partial charge >= 0.3 is 0 Å². The van der Waals surface area contributed by atoms with Crippen molar-refractivity contribution >= 4 is 29.1 Å². The van der Waals surface area contributed by atoms with Crippen molar-refractivity contribution in [3.8, 4) is 5.75 Å². The normalized spacial score (nSPS) is 14.6. The van der Waals surface area contributed by atoms with Crippen molar-refractivity contribution in [2.75, 3.05) is 26.2 Å². The highest BCUT2D eigenvalue weighted by Crippen LogP contribution is 2.23. The van der Waals surface area contributed by atoms with E-state index in [4.69, 9.17) is 32.4 Å². The summed E-state index contributed by atoms with van der Waals surface area (Å²) < 4.78 is 11.6. The second-order valence-electron chi connectivity index (χ2n) is 7.66. The van der Waals surface area contributed by atoms with Gasteiger partial charge in [-0.25, -0.2) is 0 Å². The summed E-state index contributed by atoms with van der Waals surface area (Å²) in [5.41, 5.74) is 2.17. The van der Waals surface area contributed by atoms with Crippen molar-refractivity contribution in [3.63, 3.8) is 0 Å². The molecule has 0 spiro atoms. The summed E-state index contributed by atoms with van der Waals surface area (Å²) in [6.07, 6.45) is 0. The molecule has 1 aromatic heterocycles. The Kier molecular flexibility index (Phi) is 6.86. The largest absolute Gasteiger partial charge is 0.485 e. The van der Waals surface area contributed by atoms with Gasteiger partial charge in [0.25, 0.3) is 5.91 Å². The Morgan fingerprint density at radius 2 is 1.68 bits per heavy atom. The van der Waals surface area contributed by atoms with Gasteiger partial charge in [-0.05, 0) is 60.5 Å². The smallest absolute Gasteiger partial charge is 0.289 e. The second kappa shape index (κ2) is 9.77. The molecule has 0 aliphatic carbocycles. The van der Waals surface area contributed by atoms with Gasteiger partial charge in [-0.1, -0.05) is 35.3 Å². The van der Waals surface area contributed by atoms with E-state index in [9.17, 15) is 4.79 Å². The van der Waals surface area contributed by atoms with Crippen LogP contribution >= 0.6 is 23.2 Å². The van der Waals surface area contributed by atoms with Gasteiger partial charge in [0.15, 0.2) is 5.76 Å². The lowest BCUT2D eigenvalue weighted by molar-refractivity contribution is 0.0594. The molecule has 1 amide bonds. The Bertz CT molecular complexity index is 1040. The van der Waals surface area contributed by atoms with E-state index in [0.717, 1.165) is 36.0 Å². The predicted octanol–water partition coefficient (Wildman–Crippen LogP) is 5.43. The Morgan fingerprint density at radius 1 is 0.968 bits per heavy atom. The minimum atomic E-state index is -0.0833. The monoisotopic (exact) mass is 458 g/mol. The first-order valence-corrected chi connectivity index (χ1v) is 11.0. The molecule has 3 aromatic rings. The van der Waals surface area contributed by atoms with Crippen LogP contribution in [0.5, 0.6) is 5.75 Å². The number of piperazine rings is 1. The van der Waals surface area contributed by atoms with Crippen LogP contribution in [0.25, 0.3) is 0 Å². The minimum Gasteiger partial charge on any atom is -0.485 e. The topological polar surface area (TPSA) is 45.9 Å². The van der Waals surface area contributed by atoms with Gasteiger partial charge in [-0.3, -0.25) is 9.69 Å². The summed E-state index contributed by atoms with van der Waals surface area (Å²) in [7, 11) is 0. The summed E-state index contributed by atoms with van der Waals surface area (Å²) in [4.78, 5) is 17.0. The average Bonchev–Trinajstić information content (AvgIpc) is 3.24. The summed E-state index contributed by atoms with van der Waals surface area (Å²) in [6, 6.07) is 16.9. The number of hydrogen-bond acceptors (Lipinski definition) is 4. The summed E-state index contributed by atoms with van der Waals surface area (Å²) in [5, 5.41) is 1.41. The van der Waals surface area contributed by atoms with Crippen LogP contribution in [-0.2, 0) is 13.2 Å². The number of nitrogens with zero attached hydrogens (tertiary/aromatic N) is 2. The number of carbonyl (C=O) groups excluding carboxylic acids is 1. The molecule has 1 aliphatic heterocycles. The number of amides is 1. The number of furan rings is 1. The Hall–Kier alpha value is -2.47. The van der Waals surface area contributed by atoms with Crippen LogP contribution in [0, 0.1) is 6.92 Å². The van der Waals surface area contributed by atoms with E-state index in [1.807, 2.05) is 48.2 Å². The van der Waals surface area contributed by atoms with E-state index in [2.05, 4.69) is 4.90 Å².